The number of pyridine rings is 1. The Hall–Kier alpha value is -3.51. The number of ether oxygens (including phenoxy) is 1. The first kappa shape index (κ1) is 21.7. The molecular formula is C26H27N3O3. The summed E-state index contributed by atoms with van der Waals surface area (Å²) in [5, 5.41) is 0. The SMILES string of the molecule is CN(C)C(=O)[C@]1(Cc2cccc(-c3ccccc3)c2)CN(C(=O)c2ccccn2)CCO1. The van der Waals surface area contributed by atoms with Crippen LogP contribution >= 0.6 is 0 Å². The molecule has 6 heteroatoms. The molecule has 4 rings (SSSR count). The van der Waals surface area contributed by atoms with Crippen LogP contribution in [0.15, 0.2) is 79.0 Å². The van der Waals surface area contributed by atoms with Crippen molar-refractivity contribution in [2.75, 3.05) is 33.8 Å². The molecule has 0 spiro atoms. The number of hydrogen-bond acceptors (Lipinski definition) is 4. The largest absolute Gasteiger partial charge is 0.361 e. The average Bonchev–Trinajstić information content (AvgIpc) is 2.84. The monoisotopic (exact) mass is 429 g/mol. The zero-order valence-corrected chi connectivity index (χ0v) is 18.4. The number of carbonyl (C=O) groups is 2. The van der Waals surface area contributed by atoms with Crippen molar-refractivity contribution in [2.45, 2.75) is 12.0 Å². The highest BCUT2D eigenvalue weighted by molar-refractivity contribution is 5.93. The third-order valence-electron chi connectivity index (χ3n) is 5.68. The number of rotatable bonds is 5. The number of likely N-dealkylation sites (N-methyl/N-ethyl adjacent to an activating group) is 1. The Morgan fingerprint density at radius 3 is 2.47 bits per heavy atom. The molecule has 32 heavy (non-hydrogen) atoms. The molecule has 0 radical (unpaired) electrons. The highest BCUT2D eigenvalue weighted by Crippen LogP contribution is 2.28. The van der Waals surface area contributed by atoms with Crippen molar-refractivity contribution in [2.24, 2.45) is 0 Å². The topological polar surface area (TPSA) is 62.7 Å². The summed E-state index contributed by atoms with van der Waals surface area (Å²) in [6.07, 6.45) is 1.97. The van der Waals surface area contributed by atoms with Crippen molar-refractivity contribution in [1.82, 2.24) is 14.8 Å². The summed E-state index contributed by atoms with van der Waals surface area (Å²) in [6.45, 7) is 0.882. The molecule has 164 valence electrons. The number of morpholine rings is 1. The Labute approximate surface area is 188 Å². The lowest BCUT2D eigenvalue weighted by atomic mass is 9.89. The molecule has 1 fully saturated rings. The zero-order valence-electron chi connectivity index (χ0n) is 18.4. The Morgan fingerprint density at radius 1 is 1.00 bits per heavy atom. The van der Waals surface area contributed by atoms with Gasteiger partial charge in [0.15, 0.2) is 5.60 Å². The summed E-state index contributed by atoms with van der Waals surface area (Å²) < 4.78 is 6.15. The number of benzene rings is 2. The van der Waals surface area contributed by atoms with E-state index in [4.69, 9.17) is 4.74 Å². The molecule has 2 heterocycles. The molecule has 1 aliphatic rings. The summed E-state index contributed by atoms with van der Waals surface area (Å²) in [6, 6.07) is 23.5. The molecule has 6 nitrogen and oxygen atoms in total. The molecule has 0 aliphatic carbocycles. The van der Waals surface area contributed by atoms with E-state index < -0.39 is 5.60 Å². The first-order valence-electron chi connectivity index (χ1n) is 10.7. The third-order valence-corrected chi connectivity index (χ3v) is 5.68. The van der Waals surface area contributed by atoms with Gasteiger partial charge >= 0.3 is 0 Å². The van der Waals surface area contributed by atoms with Crippen LogP contribution in [0, 0.1) is 0 Å². The van der Waals surface area contributed by atoms with Gasteiger partial charge in [0.25, 0.3) is 11.8 Å². The van der Waals surface area contributed by atoms with Crippen LogP contribution in [0.4, 0.5) is 0 Å². The maximum absolute atomic E-state index is 13.3. The number of carbonyl (C=O) groups excluding carboxylic acids is 2. The van der Waals surface area contributed by atoms with Crippen LogP contribution in [0.3, 0.4) is 0 Å². The first-order valence-corrected chi connectivity index (χ1v) is 10.7. The quantitative estimate of drug-likeness (QED) is 0.624. The van der Waals surface area contributed by atoms with Crippen LogP contribution in [0.5, 0.6) is 0 Å². The smallest absolute Gasteiger partial charge is 0.272 e. The molecular weight excluding hydrogens is 402 g/mol. The second kappa shape index (κ2) is 9.32. The van der Waals surface area contributed by atoms with E-state index in [1.54, 1.807) is 43.4 Å². The molecule has 2 aromatic carbocycles. The van der Waals surface area contributed by atoms with E-state index in [-0.39, 0.29) is 25.0 Å². The molecule has 2 amide bonds. The van der Waals surface area contributed by atoms with Gasteiger partial charge in [-0.1, -0.05) is 60.7 Å². The Bertz CT molecular complexity index is 1090. The summed E-state index contributed by atoms with van der Waals surface area (Å²) in [5.41, 5.74) is 2.38. The van der Waals surface area contributed by atoms with Gasteiger partial charge in [0.2, 0.25) is 0 Å². The van der Waals surface area contributed by atoms with Gasteiger partial charge in [-0.25, -0.2) is 0 Å². The standard InChI is InChI=1S/C26H27N3O3/c1-28(2)25(31)26(18-20-9-8-12-22(17-20)21-10-4-3-5-11-21)19-29(15-16-32-26)24(30)23-13-6-7-14-27-23/h3-14,17H,15-16,18-19H2,1-2H3/t26-/m0/s1. The molecule has 0 bridgehead atoms. The second-order valence-electron chi connectivity index (χ2n) is 8.23. The van der Waals surface area contributed by atoms with E-state index in [1.807, 2.05) is 30.3 Å². The van der Waals surface area contributed by atoms with Crippen molar-refractivity contribution in [3.8, 4) is 11.1 Å². The van der Waals surface area contributed by atoms with E-state index in [1.165, 1.54) is 4.90 Å². The van der Waals surface area contributed by atoms with Gasteiger partial charge in [-0.3, -0.25) is 14.6 Å². The Kier molecular flexibility index (Phi) is 6.32. The molecule has 0 N–H and O–H groups in total. The number of amides is 2. The molecule has 1 aromatic heterocycles. The predicted molar refractivity (Wildman–Crippen MR) is 123 cm³/mol. The Balaban J connectivity index is 1.64. The fraction of sp³-hybridized carbons (Fsp3) is 0.269. The third kappa shape index (κ3) is 4.55. The minimum atomic E-state index is -1.15. The van der Waals surface area contributed by atoms with Crippen LogP contribution < -0.4 is 0 Å². The van der Waals surface area contributed by atoms with Crippen molar-refractivity contribution in [1.29, 1.82) is 0 Å². The van der Waals surface area contributed by atoms with Gasteiger partial charge in [-0.2, -0.15) is 0 Å². The summed E-state index contributed by atoms with van der Waals surface area (Å²) in [4.78, 5) is 33.8. The van der Waals surface area contributed by atoms with E-state index >= 15 is 0 Å². The minimum absolute atomic E-state index is 0.152. The van der Waals surface area contributed by atoms with Crippen LogP contribution in [-0.4, -0.2) is 66.0 Å². The lowest BCUT2D eigenvalue weighted by Crippen LogP contribution is -2.61. The minimum Gasteiger partial charge on any atom is -0.361 e. The molecule has 0 unspecified atom stereocenters. The van der Waals surface area contributed by atoms with Crippen molar-refractivity contribution in [3.63, 3.8) is 0 Å². The fourth-order valence-corrected chi connectivity index (χ4v) is 4.15. The number of nitrogens with zero attached hydrogens (tertiary/aromatic N) is 3. The highest BCUT2D eigenvalue weighted by Gasteiger charge is 2.46. The van der Waals surface area contributed by atoms with Crippen LogP contribution in [0.25, 0.3) is 11.1 Å². The summed E-state index contributed by atoms with van der Waals surface area (Å²) in [7, 11) is 3.43. The van der Waals surface area contributed by atoms with Crippen molar-refractivity contribution < 1.29 is 14.3 Å². The second-order valence-corrected chi connectivity index (χ2v) is 8.23. The van der Waals surface area contributed by atoms with Crippen LogP contribution in [-0.2, 0) is 16.0 Å². The van der Waals surface area contributed by atoms with Gasteiger partial charge in [0.1, 0.15) is 5.69 Å². The summed E-state index contributed by atoms with van der Waals surface area (Å²) >= 11 is 0. The van der Waals surface area contributed by atoms with E-state index in [2.05, 4.69) is 29.2 Å². The summed E-state index contributed by atoms with van der Waals surface area (Å²) in [5.74, 6) is -0.344. The molecule has 1 saturated heterocycles. The van der Waals surface area contributed by atoms with E-state index in [0.717, 1.165) is 16.7 Å². The van der Waals surface area contributed by atoms with Crippen LogP contribution in [0.1, 0.15) is 16.1 Å². The maximum atomic E-state index is 13.3. The lowest BCUT2D eigenvalue weighted by molar-refractivity contribution is -0.165. The van der Waals surface area contributed by atoms with Crippen molar-refractivity contribution in [3.05, 3.63) is 90.3 Å². The first-order chi connectivity index (χ1) is 15.5. The molecule has 1 atom stereocenters. The predicted octanol–water partition coefficient (Wildman–Crippen LogP) is 3.29. The lowest BCUT2D eigenvalue weighted by Gasteiger charge is -2.42. The molecule has 3 aromatic rings. The average molecular weight is 430 g/mol. The van der Waals surface area contributed by atoms with Gasteiger partial charge in [-0.15, -0.1) is 0 Å². The van der Waals surface area contributed by atoms with Crippen molar-refractivity contribution >= 4 is 11.8 Å². The van der Waals surface area contributed by atoms with Gasteiger partial charge in [0.05, 0.1) is 13.2 Å². The number of hydrogen-bond donors (Lipinski definition) is 0. The van der Waals surface area contributed by atoms with Gasteiger partial charge in [-0.05, 0) is 28.8 Å². The fourth-order valence-electron chi connectivity index (χ4n) is 4.15. The Morgan fingerprint density at radius 2 is 1.75 bits per heavy atom. The van der Waals surface area contributed by atoms with E-state index in [9.17, 15) is 9.59 Å². The van der Waals surface area contributed by atoms with Gasteiger partial charge in [0, 0.05) is 33.3 Å². The number of aromatic nitrogens is 1. The molecule has 0 saturated carbocycles. The maximum Gasteiger partial charge on any atom is 0.272 e. The highest BCUT2D eigenvalue weighted by atomic mass is 16.5. The van der Waals surface area contributed by atoms with E-state index in [0.29, 0.717) is 18.7 Å². The van der Waals surface area contributed by atoms with Crippen LogP contribution in [0.2, 0.25) is 0 Å². The van der Waals surface area contributed by atoms with Gasteiger partial charge < -0.3 is 14.5 Å². The normalized spacial score (nSPS) is 18.2. The molecule has 1 aliphatic heterocycles. The zero-order chi connectivity index (χ0) is 22.6.